The highest BCUT2D eigenvalue weighted by molar-refractivity contribution is 6.36. The van der Waals surface area contributed by atoms with E-state index in [4.69, 9.17) is 17.3 Å². The molecule has 0 aliphatic rings. The van der Waals surface area contributed by atoms with E-state index in [-0.39, 0.29) is 28.6 Å². The molecule has 24 heavy (non-hydrogen) atoms. The molecule has 1 heterocycles. The third-order valence-electron chi connectivity index (χ3n) is 3.57. The van der Waals surface area contributed by atoms with Crippen LogP contribution in [0.3, 0.4) is 0 Å². The lowest BCUT2D eigenvalue weighted by molar-refractivity contribution is -0.116. The fourth-order valence-corrected chi connectivity index (χ4v) is 2.54. The Morgan fingerprint density at radius 3 is 2.58 bits per heavy atom. The Hall–Kier alpha value is -2.47. The van der Waals surface area contributed by atoms with E-state index in [0.29, 0.717) is 22.4 Å². The number of ether oxygens (including phenoxy) is 1. The lowest BCUT2D eigenvalue weighted by Crippen LogP contribution is -2.10. The molecule has 0 saturated heterocycles. The first-order valence-electron chi connectivity index (χ1n) is 7.08. The number of pyridine rings is 1. The fourth-order valence-electron chi connectivity index (χ4n) is 2.28. The zero-order valence-corrected chi connectivity index (χ0v) is 14.2. The summed E-state index contributed by atoms with van der Waals surface area (Å²) in [4.78, 5) is 27.1. The summed E-state index contributed by atoms with van der Waals surface area (Å²) in [6, 6.07) is 4.38. The van der Waals surface area contributed by atoms with Gasteiger partial charge in [0.25, 0.3) is 0 Å². The van der Waals surface area contributed by atoms with Gasteiger partial charge in [-0.2, -0.15) is 0 Å². The Labute approximate surface area is 143 Å². The summed E-state index contributed by atoms with van der Waals surface area (Å²) in [5.74, 6) is -1.40. The molecule has 1 aromatic heterocycles. The third-order valence-corrected chi connectivity index (χ3v) is 3.95. The maximum absolute atomic E-state index is 14.2. The van der Waals surface area contributed by atoms with Crippen LogP contribution < -0.4 is 5.73 Å². The number of anilines is 1. The highest BCUT2D eigenvalue weighted by Gasteiger charge is 2.21. The molecule has 2 rings (SSSR count). The summed E-state index contributed by atoms with van der Waals surface area (Å²) >= 11 is 6.05. The smallest absolute Gasteiger partial charge is 0.358 e. The Balaban J connectivity index is 2.60. The number of carbonyl (C=O) groups is 2. The minimum absolute atomic E-state index is 0.00299. The molecule has 0 spiro atoms. The molecule has 126 valence electrons. The second-order valence-corrected chi connectivity index (χ2v) is 5.72. The number of halogens is 2. The predicted molar refractivity (Wildman–Crippen MR) is 89.5 cm³/mol. The first-order chi connectivity index (χ1) is 11.3. The van der Waals surface area contributed by atoms with E-state index in [9.17, 15) is 14.0 Å². The van der Waals surface area contributed by atoms with Crippen LogP contribution in [0.2, 0.25) is 5.02 Å². The normalized spacial score (nSPS) is 10.5. The van der Waals surface area contributed by atoms with Gasteiger partial charge in [-0.3, -0.25) is 4.79 Å². The lowest BCUT2D eigenvalue weighted by atomic mass is 10.0. The lowest BCUT2D eigenvalue weighted by Gasteiger charge is -2.13. The number of Topliss-reactive ketones (excluding diaryl/α,β-unsaturated/α-hetero) is 1. The molecule has 0 aliphatic carbocycles. The molecule has 7 heteroatoms. The highest BCUT2D eigenvalue weighted by atomic mass is 35.5. The first-order valence-corrected chi connectivity index (χ1v) is 7.46. The van der Waals surface area contributed by atoms with E-state index in [1.54, 1.807) is 13.0 Å². The summed E-state index contributed by atoms with van der Waals surface area (Å²) in [6.45, 7) is 3.06. The number of hydrogen-bond acceptors (Lipinski definition) is 5. The van der Waals surface area contributed by atoms with Gasteiger partial charge >= 0.3 is 5.97 Å². The number of ketones is 1. The number of nitrogens with zero attached hydrogens (tertiary/aromatic N) is 1. The number of aromatic nitrogens is 1. The van der Waals surface area contributed by atoms with Crippen molar-refractivity contribution in [2.24, 2.45) is 0 Å². The van der Waals surface area contributed by atoms with Gasteiger partial charge in [0.1, 0.15) is 11.6 Å². The molecule has 1 aromatic carbocycles. The van der Waals surface area contributed by atoms with Gasteiger partial charge < -0.3 is 10.5 Å². The Bertz CT molecular complexity index is 837. The maximum atomic E-state index is 14.2. The van der Waals surface area contributed by atoms with Crippen LogP contribution in [-0.4, -0.2) is 23.8 Å². The molecule has 5 nitrogen and oxygen atoms in total. The number of benzene rings is 1. The van der Waals surface area contributed by atoms with Crippen LogP contribution in [0.1, 0.15) is 28.5 Å². The van der Waals surface area contributed by atoms with Crippen molar-refractivity contribution in [2.75, 3.05) is 12.8 Å². The van der Waals surface area contributed by atoms with Crippen molar-refractivity contribution >= 4 is 29.0 Å². The maximum Gasteiger partial charge on any atom is 0.358 e. The van der Waals surface area contributed by atoms with Crippen molar-refractivity contribution in [3.05, 3.63) is 45.9 Å². The van der Waals surface area contributed by atoms with Crippen molar-refractivity contribution < 1.29 is 18.7 Å². The van der Waals surface area contributed by atoms with Gasteiger partial charge in [-0.15, -0.1) is 0 Å². The van der Waals surface area contributed by atoms with Gasteiger partial charge in [-0.05, 0) is 31.0 Å². The average Bonchev–Trinajstić information content (AvgIpc) is 2.54. The molecular weight excluding hydrogens is 335 g/mol. The topological polar surface area (TPSA) is 82.3 Å². The zero-order valence-electron chi connectivity index (χ0n) is 13.4. The number of rotatable bonds is 4. The van der Waals surface area contributed by atoms with Crippen LogP contribution in [0.4, 0.5) is 10.1 Å². The number of nitrogen functional groups attached to an aromatic ring is 1. The highest BCUT2D eigenvalue weighted by Crippen LogP contribution is 2.33. The van der Waals surface area contributed by atoms with Crippen molar-refractivity contribution in [2.45, 2.75) is 20.3 Å². The molecule has 0 fully saturated rings. The molecule has 2 aromatic rings. The molecule has 0 amide bonds. The third kappa shape index (κ3) is 3.38. The van der Waals surface area contributed by atoms with Crippen LogP contribution in [0, 0.1) is 12.7 Å². The molecule has 0 saturated carbocycles. The van der Waals surface area contributed by atoms with E-state index in [2.05, 4.69) is 9.72 Å². The molecule has 2 N–H and O–H groups in total. The van der Waals surface area contributed by atoms with Crippen molar-refractivity contribution in [3.8, 4) is 11.3 Å². The van der Waals surface area contributed by atoms with Crippen molar-refractivity contribution in [3.63, 3.8) is 0 Å². The molecular formula is C17H16ClFN2O3. The second-order valence-electron chi connectivity index (χ2n) is 5.34. The molecule has 0 unspecified atom stereocenters. The number of methoxy groups -OCH3 is 1. The van der Waals surface area contributed by atoms with Crippen LogP contribution in [0.25, 0.3) is 11.3 Å². The minimum Gasteiger partial charge on any atom is -0.464 e. The van der Waals surface area contributed by atoms with Gasteiger partial charge in [0.2, 0.25) is 0 Å². The summed E-state index contributed by atoms with van der Waals surface area (Å²) in [5, 5.41) is -0.00299. The van der Waals surface area contributed by atoms with E-state index < -0.39 is 11.8 Å². The summed E-state index contributed by atoms with van der Waals surface area (Å²) in [6.07, 6.45) is 0.00862. The number of nitrogens with two attached hydrogens (primary N) is 1. The zero-order chi connectivity index (χ0) is 18.0. The largest absolute Gasteiger partial charge is 0.464 e. The number of hydrogen-bond donors (Lipinski definition) is 1. The summed E-state index contributed by atoms with van der Waals surface area (Å²) < 4.78 is 18.8. The Kier molecular flexibility index (Phi) is 5.19. The van der Waals surface area contributed by atoms with E-state index in [1.807, 2.05) is 0 Å². The predicted octanol–water partition coefficient (Wildman–Crippen LogP) is 3.35. The Morgan fingerprint density at radius 2 is 2.04 bits per heavy atom. The van der Waals surface area contributed by atoms with E-state index >= 15 is 0 Å². The van der Waals surface area contributed by atoms with Gasteiger partial charge in [0.15, 0.2) is 5.69 Å². The standard InChI is InChI=1S/C17H16ClFN2O3/c1-8(22)6-10-4-5-11(7-12(10)19)15-9(2)14(20)13(18)16(21-15)17(23)24-3/h4-5,7H,6H2,1-3H3,(H2,20,21). The molecule has 0 atom stereocenters. The van der Waals surface area contributed by atoms with Crippen molar-refractivity contribution in [1.29, 1.82) is 0 Å². The fraction of sp³-hybridized carbons (Fsp3) is 0.235. The molecule has 0 radical (unpaired) electrons. The van der Waals surface area contributed by atoms with Gasteiger partial charge in [-0.1, -0.05) is 23.7 Å². The average molecular weight is 351 g/mol. The van der Waals surface area contributed by atoms with Crippen LogP contribution in [-0.2, 0) is 16.0 Å². The quantitative estimate of drug-likeness (QED) is 0.855. The van der Waals surface area contributed by atoms with Crippen LogP contribution in [0.5, 0.6) is 0 Å². The second kappa shape index (κ2) is 6.97. The SMILES string of the molecule is COC(=O)c1nc(-c2ccc(CC(C)=O)c(F)c2)c(C)c(N)c1Cl. The van der Waals surface area contributed by atoms with Gasteiger partial charge in [0, 0.05) is 12.0 Å². The van der Waals surface area contributed by atoms with Crippen LogP contribution >= 0.6 is 11.6 Å². The molecule has 0 bridgehead atoms. The summed E-state index contributed by atoms with van der Waals surface area (Å²) in [7, 11) is 1.20. The van der Waals surface area contributed by atoms with E-state index in [1.165, 1.54) is 26.2 Å². The van der Waals surface area contributed by atoms with Gasteiger partial charge in [0.05, 0.1) is 23.5 Å². The molecule has 0 aliphatic heterocycles. The minimum atomic E-state index is -0.735. The first kappa shape index (κ1) is 17.9. The van der Waals surface area contributed by atoms with E-state index in [0.717, 1.165) is 0 Å². The van der Waals surface area contributed by atoms with Crippen molar-refractivity contribution in [1.82, 2.24) is 4.98 Å². The summed E-state index contributed by atoms with van der Waals surface area (Å²) in [5.41, 5.74) is 7.53. The Morgan fingerprint density at radius 1 is 1.38 bits per heavy atom. The van der Waals surface area contributed by atoms with Gasteiger partial charge in [-0.25, -0.2) is 14.2 Å². The monoisotopic (exact) mass is 350 g/mol. The number of esters is 1. The number of carbonyl (C=O) groups excluding carboxylic acids is 2. The van der Waals surface area contributed by atoms with Crippen LogP contribution in [0.15, 0.2) is 18.2 Å².